The maximum atomic E-state index is 12.0. The van der Waals surface area contributed by atoms with E-state index in [1.165, 1.54) is 0 Å². The van der Waals surface area contributed by atoms with Gasteiger partial charge in [0.15, 0.2) is 0 Å². The first kappa shape index (κ1) is 14.6. The molecule has 1 amide bonds. The van der Waals surface area contributed by atoms with Gasteiger partial charge in [0.1, 0.15) is 18.0 Å². The van der Waals surface area contributed by atoms with Crippen LogP contribution in [-0.2, 0) is 4.74 Å². The van der Waals surface area contributed by atoms with E-state index < -0.39 is 5.60 Å². The fourth-order valence-electron chi connectivity index (χ4n) is 1.98. The Hall–Kier alpha value is -1.78. The molecule has 1 saturated heterocycles. The molecule has 1 aromatic heterocycles. The third kappa shape index (κ3) is 3.62. The van der Waals surface area contributed by atoms with Gasteiger partial charge in [0.05, 0.1) is 11.7 Å². The standard InChI is InChI=1S/C15H22N2O3/c1-11-13(6-5-8-16-11)19-10-12-7-9-17(12)14(18)20-15(2,3)4/h5-6,8,12H,7,9-10H2,1-4H3. The lowest BCUT2D eigenvalue weighted by molar-refractivity contribution is -0.0142. The van der Waals surface area contributed by atoms with Crippen molar-refractivity contribution in [3.05, 3.63) is 24.0 Å². The predicted octanol–water partition coefficient (Wildman–Crippen LogP) is 2.78. The molecule has 1 unspecified atom stereocenters. The quantitative estimate of drug-likeness (QED) is 0.853. The zero-order chi connectivity index (χ0) is 14.8. The minimum Gasteiger partial charge on any atom is -0.490 e. The Morgan fingerprint density at radius 1 is 1.50 bits per heavy atom. The molecule has 0 bridgehead atoms. The van der Waals surface area contributed by atoms with Crippen molar-refractivity contribution >= 4 is 6.09 Å². The molecule has 0 aromatic carbocycles. The largest absolute Gasteiger partial charge is 0.490 e. The molecule has 5 heteroatoms. The molecule has 1 aliphatic heterocycles. The van der Waals surface area contributed by atoms with Gasteiger partial charge in [-0.15, -0.1) is 0 Å². The summed E-state index contributed by atoms with van der Waals surface area (Å²) < 4.78 is 11.1. The van der Waals surface area contributed by atoms with Gasteiger partial charge in [-0.1, -0.05) is 0 Å². The summed E-state index contributed by atoms with van der Waals surface area (Å²) >= 11 is 0. The van der Waals surface area contributed by atoms with Crippen LogP contribution in [0.15, 0.2) is 18.3 Å². The highest BCUT2D eigenvalue weighted by molar-refractivity contribution is 5.69. The molecule has 0 spiro atoms. The van der Waals surface area contributed by atoms with Gasteiger partial charge in [-0.25, -0.2) is 4.79 Å². The van der Waals surface area contributed by atoms with E-state index in [9.17, 15) is 4.79 Å². The highest BCUT2D eigenvalue weighted by Crippen LogP contribution is 2.23. The lowest BCUT2D eigenvalue weighted by Gasteiger charge is -2.41. The van der Waals surface area contributed by atoms with Gasteiger partial charge >= 0.3 is 6.09 Å². The molecule has 0 N–H and O–H groups in total. The van der Waals surface area contributed by atoms with Crippen LogP contribution in [0.2, 0.25) is 0 Å². The predicted molar refractivity (Wildman–Crippen MR) is 75.8 cm³/mol. The minimum absolute atomic E-state index is 0.0875. The third-order valence-corrected chi connectivity index (χ3v) is 3.16. The number of nitrogens with zero attached hydrogens (tertiary/aromatic N) is 2. The van der Waals surface area contributed by atoms with Crippen molar-refractivity contribution in [2.24, 2.45) is 0 Å². The van der Waals surface area contributed by atoms with Crippen molar-refractivity contribution in [3.63, 3.8) is 0 Å². The van der Waals surface area contributed by atoms with Gasteiger partial charge in [-0.2, -0.15) is 0 Å². The maximum Gasteiger partial charge on any atom is 0.410 e. The van der Waals surface area contributed by atoms with E-state index in [-0.39, 0.29) is 12.1 Å². The topological polar surface area (TPSA) is 51.7 Å². The molecule has 110 valence electrons. The van der Waals surface area contributed by atoms with Crippen molar-refractivity contribution in [2.75, 3.05) is 13.2 Å². The van der Waals surface area contributed by atoms with Crippen LogP contribution in [0.5, 0.6) is 5.75 Å². The smallest absolute Gasteiger partial charge is 0.410 e. The van der Waals surface area contributed by atoms with Crippen LogP contribution in [0.4, 0.5) is 4.79 Å². The van der Waals surface area contributed by atoms with Crippen molar-refractivity contribution in [3.8, 4) is 5.75 Å². The van der Waals surface area contributed by atoms with Crippen LogP contribution in [0, 0.1) is 6.92 Å². The Balaban J connectivity index is 1.86. The fourth-order valence-corrected chi connectivity index (χ4v) is 1.98. The Morgan fingerprint density at radius 3 is 2.80 bits per heavy atom. The van der Waals surface area contributed by atoms with E-state index in [1.54, 1.807) is 11.1 Å². The Labute approximate surface area is 119 Å². The lowest BCUT2D eigenvalue weighted by atomic mass is 10.1. The van der Waals surface area contributed by atoms with E-state index in [0.29, 0.717) is 6.61 Å². The summed E-state index contributed by atoms with van der Waals surface area (Å²) in [7, 11) is 0. The Morgan fingerprint density at radius 2 is 2.25 bits per heavy atom. The summed E-state index contributed by atoms with van der Waals surface area (Å²) in [5.74, 6) is 0.767. The van der Waals surface area contributed by atoms with Crippen LogP contribution in [-0.4, -0.2) is 40.8 Å². The first-order valence-electron chi connectivity index (χ1n) is 6.91. The Bertz CT molecular complexity index is 482. The maximum absolute atomic E-state index is 12.0. The summed E-state index contributed by atoms with van der Waals surface area (Å²) in [5, 5.41) is 0. The third-order valence-electron chi connectivity index (χ3n) is 3.16. The summed E-state index contributed by atoms with van der Waals surface area (Å²) in [6.45, 7) is 8.72. The van der Waals surface area contributed by atoms with Gasteiger partial charge in [0, 0.05) is 12.7 Å². The monoisotopic (exact) mass is 278 g/mol. The van der Waals surface area contributed by atoms with Crippen molar-refractivity contribution in [1.29, 1.82) is 0 Å². The average Bonchev–Trinajstić information content (AvgIpc) is 2.27. The van der Waals surface area contributed by atoms with E-state index in [4.69, 9.17) is 9.47 Å². The number of rotatable bonds is 3. The second kappa shape index (κ2) is 5.69. The molecule has 5 nitrogen and oxygen atoms in total. The average molecular weight is 278 g/mol. The van der Waals surface area contributed by atoms with Crippen LogP contribution < -0.4 is 4.74 Å². The molecule has 0 saturated carbocycles. The van der Waals surface area contributed by atoms with Crippen LogP contribution in [0.25, 0.3) is 0 Å². The normalized spacial score (nSPS) is 18.4. The van der Waals surface area contributed by atoms with Gasteiger partial charge in [0.25, 0.3) is 0 Å². The van der Waals surface area contributed by atoms with E-state index in [0.717, 1.165) is 24.4 Å². The highest BCUT2D eigenvalue weighted by Gasteiger charge is 2.35. The second-order valence-corrected chi connectivity index (χ2v) is 6.01. The molecule has 1 atom stereocenters. The van der Waals surface area contributed by atoms with Gasteiger partial charge in [-0.3, -0.25) is 4.98 Å². The van der Waals surface area contributed by atoms with Crippen LogP contribution in [0.3, 0.4) is 0 Å². The van der Waals surface area contributed by atoms with E-state index in [1.807, 2.05) is 39.8 Å². The number of aromatic nitrogens is 1. The number of carbonyl (C=O) groups is 1. The number of ether oxygens (including phenoxy) is 2. The zero-order valence-electron chi connectivity index (χ0n) is 12.5. The summed E-state index contributed by atoms with van der Waals surface area (Å²) in [4.78, 5) is 17.9. The van der Waals surface area contributed by atoms with Crippen LogP contribution >= 0.6 is 0 Å². The molecule has 1 aromatic rings. The van der Waals surface area contributed by atoms with Crippen molar-refractivity contribution in [1.82, 2.24) is 9.88 Å². The van der Waals surface area contributed by atoms with E-state index >= 15 is 0 Å². The molecule has 20 heavy (non-hydrogen) atoms. The fraction of sp³-hybridized carbons (Fsp3) is 0.600. The summed E-state index contributed by atoms with van der Waals surface area (Å²) in [6, 6.07) is 3.82. The summed E-state index contributed by atoms with van der Waals surface area (Å²) in [6.07, 6.45) is 2.41. The number of carbonyl (C=O) groups excluding carboxylic acids is 1. The SMILES string of the molecule is Cc1ncccc1OCC1CCN1C(=O)OC(C)(C)C. The number of hydrogen-bond donors (Lipinski definition) is 0. The van der Waals surface area contributed by atoms with E-state index in [2.05, 4.69) is 4.98 Å². The second-order valence-electron chi connectivity index (χ2n) is 6.01. The van der Waals surface area contributed by atoms with Gasteiger partial charge in [0.2, 0.25) is 0 Å². The van der Waals surface area contributed by atoms with Crippen LogP contribution in [0.1, 0.15) is 32.9 Å². The molecule has 2 rings (SSSR count). The number of pyridine rings is 1. The van der Waals surface area contributed by atoms with Crippen molar-refractivity contribution < 1.29 is 14.3 Å². The van der Waals surface area contributed by atoms with Gasteiger partial charge in [-0.05, 0) is 46.2 Å². The number of likely N-dealkylation sites (tertiary alicyclic amines) is 1. The minimum atomic E-state index is -0.460. The molecule has 1 aliphatic rings. The first-order chi connectivity index (χ1) is 9.37. The Kier molecular flexibility index (Phi) is 4.16. The first-order valence-corrected chi connectivity index (χ1v) is 6.91. The molecular weight excluding hydrogens is 256 g/mol. The number of amides is 1. The van der Waals surface area contributed by atoms with Gasteiger partial charge < -0.3 is 14.4 Å². The molecule has 0 aliphatic carbocycles. The summed E-state index contributed by atoms with van der Waals surface area (Å²) in [5.41, 5.74) is 0.397. The number of hydrogen-bond acceptors (Lipinski definition) is 4. The lowest BCUT2D eigenvalue weighted by Crippen LogP contribution is -2.55. The number of aryl methyl sites for hydroxylation is 1. The highest BCUT2D eigenvalue weighted by atomic mass is 16.6. The van der Waals surface area contributed by atoms with Crippen molar-refractivity contribution in [2.45, 2.75) is 45.8 Å². The molecule has 0 radical (unpaired) electrons. The zero-order valence-corrected chi connectivity index (χ0v) is 12.5. The molecule has 1 fully saturated rings. The molecule has 2 heterocycles. The molecular formula is C15H22N2O3.